The Morgan fingerprint density at radius 1 is 1.22 bits per heavy atom. The second-order valence-corrected chi connectivity index (χ2v) is 3.83. The number of fused-ring (bicyclic) bond motifs is 1. The SMILES string of the molecule is COc1nc2c(c(=O)n1C)n(C)c(=O)n2C(C)=O. The van der Waals surface area contributed by atoms with E-state index >= 15 is 0 Å². The van der Waals surface area contributed by atoms with Gasteiger partial charge < -0.3 is 4.74 Å². The summed E-state index contributed by atoms with van der Waals surface area (Å²) in [6.07, 6.45) is 0. The monoisotopic (exact) mass is 252 g/mol. The lowest BCUT2D eigenvalue weighted by Crippen LogP contribution is -2.26. The molecule has 0 aromatic carbocycles. The molecule has 0 aliphatic heterocycles. The minimum Gasteiger partial charge on any atom is -0.468 e. The molecule has 0 unspecified atom stereocenters. The number of carbonyl (C=O) groups is 1. The number of ether oxygens (including phenoxy) is 1. The van der Waals surface area contributed by atoms with Crippen LogP contribution in [0, 0.1) is 0 Å². The van der Waals surface area contributed by atoms with Crippen LogP contribution in [0.2, 0.25) is 0 Å². The Labute approximate surface area is 101 Å². The van der Waals surface area contributed by atoms with Gasteiger partial charge in [0.25, 0.3) is 5.56 Å². The van der Waals surface area contributed by atoms with Crippen molar-refractivity contribution in [1.29, 1.82) is 0 Å². The average Bonchev–Trinajstić information content (AvgIpc) is 2.56. The highest BCUT2D eigenvalue weighted by Gasteiger charge is 2.20. The molecule has 18 heavy (non-hydrogen) atoms. The Balaban J connectivity index is 3.13. The largest absolute Gasteiger partial charge is 0.468 e. The molecule has 2 rings (SSSR count). The van der Waals surface area contributed by atoms with Crippen molar-refractivity contribution in [2.45, 2.75) is 6.92 Å². The maximum absolute atomic E-state index is 12.1. The van der Waals surface area contributed by atoms with Crippen LogP contribution in [-0.4, -0.2) is 31.7 Å². The molecule has 0 N–H and O–H groups in total. The topological polar surface area (TPSA) is 88.1 Å². The molecule has 0 fully saturated rings. The van der Waals surface area contributed by atoms with E-state index in [9.17, 15) is 14.4 Å². The van der Waals surface area contributed by atoms with Crippen molar-refractivity contribution in [3.8, 4) is 6.01 Å². The molecule has 2 aromatic rings. The fourth-order valence-corrected chi connectivity index (χ4v) is 1.81. The number of carbonyl (C=O) groups excluding carboxylic acids is 1. The lowest BCUT2D eigenvalue weighted by Gasteiger charge is -2.05. The quantitative estimate of drug-likeness (QED) is 0.656. The Morgan fingerprint density at radius 2 is 1.83 bits per heavy atom. The predicted molar refractivity (Wildman–Crippen MR) is 63.1 cm³/mol. The van der Waals surface area contributed by atoms with Crippen LogP contribution in [0.25, 0.3) is 11.2 Å². The first-order chi connectivity index (χ1) is 8.40. The highest BCUT2D eigenvalue weighted by molar-refractivity contribution is 5.86. The number of hydrogen-bond donors (Lipinski definition) is 0. The fourth-order valence-electron chi connectivity index (χ4n) is 1.81. The van der Waals surface area contributed by atoms with Gasteiger partial charge in [0.2, 0.25) is 5.91 Å². The van der Waals surface area contributed by atoms with E-state index in [2.05, 4.69) is 4.98 Å². The van der Waals surface area contributed by atoms with E-state index in [0.717, 1.165) is 9.13 Å². The Hall–Kier alpha value is -2.38. The highest BCUT2D eigenvalue weighted by atomic mass is 16.5. The molecule has 0 bridgehead atoms. The zero-order chi connectivity index (χ0) is 13.6. The van der Waals surface area contributed by atoms with Crippen LogP contribution in [0.4, 0.5) is 0 Å². The van der Waals surface area contributed by atoms with Crippen molar-refractivity contribution in [3.05, 3.63) is 20.8 Å². The molecular formula is C10H12N4O4. The summed E-state index contributed by atoms with van der Waals surface area (Å²) in [6, 6.07) is 0.0353. The van der Waals surface area contributed by atoms with E-state index in [0.29, 0.717) is 0 Å². The van der Waals surface area contributed by atoms with Gasteiger partial charge in [0.1, 0.15) is 0 Å². The molecule has 0 saturated heterocycles. The van der Waals surface area contributed by atoms with Crippen LogP contribution in [-0.2, 0) is 14.1 Å². The van der Waals surface area contributed by atoms with Gasteiger partial charge in [-0.1, -0.05) is 0 Å². The Kier molecular flexibility index (Phi) is 2.57. The van der Waals surface area contributed by atoms with Crippen LogP contribution >= 0.6 is 0 Å². The van der Waals surface area contributed by atoms with E-state index in [1.807, 2.05) is 0 Å². The van der Waals surface area contributed by atoms with E-state index in [-0.39, 0.29) is 17.2 Å². The lowest BCUT2D eigenvalue weighted by molar-refractivity contribution is 0.0936. The van der Waals surface area contributed by atoms with Gasteiger partial charge in [0.05, 0.1) is 7.11 Å². The third-order valence-electron chi connectivity index (χ3n) is 2.73. The minimum atomic E-state index is -0.602. The average molecular weight is 252 g/mol. The van der Waals surface area contributed by atoms with Crippen molar-refractivity contribution < 1.29 is 9.53 Å². The number of rotatable bonds is 1. The van der Waals surface area contributed by atoms with Gasteiger partial charge in [-0.05, 0) is 0 Å². The normalized spacial score (nSPS) is 10.9. The van der Waals surface area contributed by atoms with E-state index in [1.54, 1.807) is 0 Å². The summed E-state index contributed by atoms with van der Waals surface area (Å²) in [5.41, 5.74) is -0.972. The maximum atomic E-state index is 12.1. The minimum absolute atomic E-state index is 0.00921. The van der Waals surface area contributed by atoms with Crippen molar-refractivity contribution in [2.24, 2.45) is 14.1 Å². The fraction of sp³-hybridized carbons (Fsp3) is 0.400. The first-order valence-electron chi connectivity index (χ1n) is 5.13. The van der Waals surface area contributed by atoms with Crippen LogP contribution in [0.1, 0.15) is 11.7 Å². The number of methoxy groups -OCH3 is 1. The second-order valence-electron chi connectivity index (χ2n) is 3.83. The Morgan fingerprint density at radius 3 is 2.33 bits per heavy atom. The van der Waals surface area contributed by atoms with Gasteiger partial charge in [-0.15, -0.1) is 0 Å². The van der Waals surface area contributed by atoms with Gasteiger partial charge in [-0.25, -0.2) is 9.36 Å². The number of nitrogens with zero attached hydrogens (tertiary/aromatic N) is 4. The summed E-state index contributed by atoms with van der Waals surface area (Å²) in [5.74, 6) is -0.506. The van der Waals surface area contributed by atoms with Gasteiger partial charge in [-0.2, -0.15) is 4.98 Å². The summed E-state index contributed by atoms with van der Waals surface area (Å²) in [7, 11) is 4.25. The molecule has 2 heterocycles. The molecule has 0 aliphatic rings. The van der Waals surface area contributed by atoms with Crippen molar-refractivity contribution >= 4 is 17.1 Å². The standard InChI is InChI=1S/C10H12N4O4/c1-5(15)14-7-6(12(2)10(14)17)8(16)13(3)9(11-7)18-4/h1-4H3. The molecule has 0 atom stereocenters. The van der Waals surface area contributed by atoms with Crippen LogP contribution < -0.4 is 16.0 Å². The molecule has 96 valence electrons. The Bertz CT molecular complexity index is 765. The third-order valence-corrected chi connectivity index (χ3v) is 2.73. The van der Waals surface area contributed by atoms with Crippen LogP contribution in [0.5, 0.6) is 6.01 Å². The van der Waals surface area contributed by atoms with Gasteiger partial charge in [-0.3, -0.25) is 18.7 Å². The van der Waals surface area contributed by atoms with E-state index in [4.69, 9.17) is 4.74 Å². The van der Waals surface area contributed by atoms with Crippen molar-refractivity contribution in [2.75, 3.05) is 7.11 Å². The molecule has 0 radical (unpaired) electrons. The molecule has 0 amide bonds. The molecule has 0 saturated carbocycles. The summed E-state index contributed by atoms with van der Waals surface area (Å²) >= 11 is 0. The van der Waals surface area contributed by atoms with Crippen LogP contribution in [0.15, 0.2) is 9.59 Å². The number of imidazole rings is 1. The molecular weight excluding hydrogens is 240 g/mol. The summed E-state index contributed by atoms with van der Waals surface area (Å²) < 4.78 is 8.06. The molecule has 0 aliphatic carbocycles. The predicted octanol–water partition coefficient (Wildman–Crippen LogP) is -0.898. The van der Waals surface area contributed by atoms with Gasteiger partial charge in [0.15, 0.2) is 11.2 Å². The number of aryl methyl sites for hydroxylation is 1. The number of aromatic nitrogens is 4. The molecule has 0 spiro atoms. The summed E-state index contributed by atoms with van der Waals surface area (Å²) in [5, 5.41) is 0. The highest BCUT2D eigenvalue weighted by Crippen LogP contribution is 2.10. The second kappa shape index (κ2) is 3.83. The first kappa shape index (κ1) is 12.1. The smallest absolute Gasteiger partial charge is 0.337 e. The van der Waals surface area contributed by atoms with Gasteiger partial charge in [0, 0.05) is 21.0 Å². The molecule has 2 aromatic heterocycles. The van der Waals surface area contributed by atoms with Crippen molar-refractivity contribution in [3.63, 3.8) is 0 Å². The third kappa shape index (κ3) is 1.38. The summed E-state index contributed by atoms with van der Waals surface area (Å²) in [4.78, 5) is 39.4. The molecule has 8 nitrogen and oxygen atoms in total. The van der Waals surface area contributed by atoms with Crippen molar-refractivity contribution in [1.82, 2.24) is 18.7 Å². The van der Waals surface area contributed by atoms with E-state index < -0.39 is 17.2 Å². The first-order valence-corrected chi connectivity index (χ1v) is 5.13. The molecule has 8 heteroatoms. The maximum Gasteiger partial charge on any atom is 0.337 e. The zero-order valence-corrected chi connectivity index (χ0v) is 10.4. The van der Waals surface area contributed by atoms with Crippen LogP contribution in [0.3, 0.4) is 0 Å². The number of hydrogen-bond acceptors (Lipinski definition) is 5. The van der Waals surface area contributed by atoms with E-state index in [1.165, 1.54) is 32.7 Å². The lowest BCUT2D eigenvalue weighted by atomic mass is 10.5. The summed E-state index contributed by atoms with van der Waals surface area (Å²) in [6.45, 7) is 1.23. The zero-order valence-electron chi connectivity index (χ0n) is 10.4. The van der Waals surface area contributed by atoms with Gasteiger partial charge >= 0.3 is 11.7 Å².